The lowest BCUT2D eigenvalue weighted by atomic mass is 10.1. The van der Waals surface area contributed by atoms with Crippen molar-refractivity contribution >= 4 is 16.7 Å². The van der Waals surface area contributed by atoms with Gasteiger partial charge in [-0.3, -0.25) is 0 Å². The van der Waals surface area contributed by atoms with Crippen LogP contribution in [0.2, 0.25) is 0 Å². The van der Waals surface area contributed by atoms with E-state index in [0.717, 1.165) is 30.5 Å². The quantitative estimate of drug-likeness (QED) is 0.946. The molecule has 0 bridgehead atoms. The Morgan fingerprint density at radius 2 is 2.24 bits per heavy atom. The van der Waals surface area contributed by atoms with Crippen molar-refractivity contribution in [2.24, 2.45) is 0 Å². The van der Waals surface area contributed by atoms with Gasteiger partial charge in [0.1, 0.15) is 5.82 Å². The standard InChI is InChI=1S/C16H22N4S/c1-11-5-4-6-14(7-11)8-15-18-16(21-19-15)20-10-12(2)17-9-13(20)3/h4-7,12-13,17H,8-10H2,1-3H3. The van der Waals surface area contributed by atoms with E-state index in [4.69, 9.17) is 4.98 Å². The summed E-state index contributed by atoms with van der Waals surface area (Å²) in [7, 11) is 0. The van der Waals surface area contributed by atoms with E-state index in [1.165, 1.54) is 22.7 Å². The third-order valence-corrected chi connectivity index (χ3v) is 4.70. The molecule has 1 aliphatic rings. The third-order valence-electron chi connectivity index (χ3n) is 3.91. The monoisotopic (exact) mass is 302 g/mol. The van der Waals surface area contributed by atoms with Crippen molar-refractivity contribution in [3.05, 3.63) is 41.2 Å². The molecule has 2 aromatic rings. The molecule has 0 spiro atoms. The molecule has 1 aromatic heterocycles. The largest absolute Gasteiger partial charge is 0.341 e. The number of piperazine rings is 1. The van der Waals surface area contributed by atoms with Crippen LogP contribution >= 0.6 is 11.5 Å². The molecule has 112 valence electrons. The summed E-state index contributed by atoms with van der Waals surface area (Å²) < 4.78 is 4.54. The van der Waals surface area contributed by atoms with Gasteiger partial charge in [-0.15, -0.1) is 0 Å². The van der Waals surface area contributed by atoms with Crippen molar-refractivity contribution in [3.63, 3.8) is 0 Å². The van der Waals surface area contributed by atoms with E-state index in [1.54, 1.807) is 0 Å². The summed E-state index contributed by atoms with van der Waals surface area (Å²) in [5.74, 6) is 0.930. The lowest BCUT2D eigenvalue weighted by molar-refractivity contribution is 0.424. The highest BCUT2D eigenvalue weighted by molar-refractivity contribution is 7.09. The zero-order valence-corrected chi connectivity index (χ0v) is 13.7. The first-order valence-electron chi connectivity index (χ1n) is 7.50. The molecule has 4 nitrogen and oxygen atoms in total. The number of nitrogens with zero attached hydrogens (tertiary/aromatic N) is 3. The number of hydrogen-bond donors (Lipinski definition) is 1. The first-order chi connectivity index (χ1) is 10.1. The van der Waals surface area contributed by atoms with E-state index in [0.29, 0.717) is 12.1 Å². The minimum Gasteiger partial charge on any atom is -0.341 e. The number of rotatable bonds is 3. The summed E-state index contributed by atoms with van der Waals surface area (Å²) >= 11 is 1.52. The molecule has 0 radical (unpaired) electrons. The SMILES string of the molecule is Cc1cccc(Cc2nsc(N3CC(C)NCC3C)n2)c1. The molecule has 0 amide bonds. The molecule has 21 heavy (non-hydrogen) atoms. The molecule has 2 atom stereocenters. The van der Waals surface area contributed by atoms with Crippen LogP contribution in [0.25, 0.3) is 0 Å². The lowest BCUT2D eigenvalue weighted by Crippen LogP contribution is -2.54. The van der Waals surface area contributed by atoms with Crippen LogP contribution in [0.1, 0.15) is 30.8 Å². The van der Waals surface area contributed by atoms with E-state index in [2.05, 4.69) is 59.6 Å². The van der Waals surface area contributed by atoms with Gasteiger partial charge in [-0.05, 0) is 26.3 Å². The average Bonchev–Trinajstić information content (AvgIpc) is 2.90. The number of anilines is 1. The van der Waals surface area contributed by atoms with Gasteiger partial charge in [0.05, 0.1) is 0 Å². The Morgan fingerprint density at radius 1 is 1.38 bits per heavy atom. The van der Waals surface area contributed by atoms with Crippen molar-refractivity contribution in [3.8, 4) is 0 Å². The molecule has 2 unspecified atom stereocenters. The number of benzene rings is 1. The topological polar surface area (TPSA) is 41.1 Å². The summed E-state index contributed by atoms with van der Waals surface area (Å²) in [4.78, 5) is 7.12. The highest BCUT2D eigenvalue weighted by Gasteiger charge is 2.25. The number of aromatic nitrogens is 2. The number of aryl methyl sites for hydroxylation is 1. The highest BCUT2D eigenvalue weighted by atomic mass is 32.1. The van der Waals surface area contributed by atoms with E-state index in [9.17, 15) is 0 Å². The van der Waals surface area contributed by atoms with E-state index in [-0.39, 0.29) is 0 Å². The number of hydrogen-bond acceptors (Lipinski definition) is 5. The fourth-order valence-electron chi connectivity index (χ4n) is 2.73. The van der Waals surface area contributed by atoms with Crippen LogP contribution in [0.4, 0.5) is 5.13 Å². The minimum atomic E-state index is 0.473. The normalized spacial score (nSPS) is 22.5. The fourth-order valence-corrected chi connectivity index (χ4v) is 3.52. The van der Waals surface area contributed by atoms with Gasteiger partial charge in [-0.1, -0.05) is 29.8 Å². The summed E-state index contributed by atoms with van der Waals surface area (Å²) in [6.07, 6.45) is 0.814. The molecule has 3 rings (SSSR count). The predicted octanol–water partition coefficient (Wildman–Crippen LogP) is 2.62. The van der Waals surface area contributed by atoms with Gasteiger partial charge in [0.15, 0.2) is 0 Å². The fraction of sp³-hybridized carbons (Fsp3) is 0.500. The summed E-state index contributed by atoms with van der Waals surface area (Å²) in [5.41, 5.74) is 2.56. The van der Waals surface area contributed by atoms with Crippen LogP contribution in [0.3, 0.4) is 0 Å². The van der Waals surface area contributed by atoms with E-state index < -0.39 is 0 Å². The Balaban J connectivity index is 1.74. The Hall–Kier alpha value is -1.46. The molecule has 1 saturated heterocycles. The first kappa shape index (κ1) is 14.5. The molecule has 1 N–H and O–H groups in total. The van der Waals surface area contributed by atoms with Crippen molar-refractivity contribution < 1.29 is 0 Å². The van der Waals surface area contributed by atoms with Crippen LogP contribution in [0, 0.1) is 6.92 Å². The van der Waals surface area contributed by atoms with Crippen LogP contribution in [-0.2, 0) is 6.42 Å². The van der Waals surface area contributed by atoms with Gasteiger partial charge in [-0.2, -0.15) is 4.37 Å². The Kier molecular flexibility index (Phi) is 4.22. The second kappa shape index (κ2) is 6.12. The van der Waals surface area contributed by atoms with E-state index >= 15 is 0 Å². The average molecular weight is 302 g/mol. The zero-order chi connectivity index (χ0) is 14.8. The van der Waals surface area contributed by atoms with Crippen molar-refractivity contribution in [2.45, 2.75) is 39.3 Å². The van der Waals surface area contributed by atoms with Crippen LogP contribution < -0.4 is 10.2 Å². The zero-order valence-electron chi connectivity index (χ0n) is 12.8. The van der Waals surface area contributed by atoms with Crippen molar-refractivity contribution in [2.75, 3.05) is 18.0 Å². The summed E-state index contributed by atoms with van der Waals surface area (Å²) in [6.45, 7) is 8.58. The molecular formula is C16H22N4S. The molecule has 0 saturated carbocycles. The smallest absolute Gasteiger partial charge is 0.205 e. The molecule has 0 aliphatic carbocycles. The second-order valence-electron chi connectivity index (χ2n) is 5.97. The third kappa shape index (κ3) is 3.41. The molecular weight excluding hydrogens is 280 g/mol. The molecule has 2 heterocycles. The molecule has 1 aromatic carbocycles. The Labute approximate surface area is 130 Å². The maximum Gasteiger partial charge on any atom is 0.205 e. The van der Waals surface area contributed by atoms with Gasteiger partial charge in [0.25, 0.3) is 0 Å². The first-order valence-corrected chi connectivity index (χ1v) is 8.27. The predicted molar refractivity (Wildman–Crippen MR) is 88.2 cm³/mol. The van der Waals surface area contributed by atoms with Gasteiger partial charge < -0.3 is 10.2 Å². The Morgan fingerprint density at radius 3 is 3.05 bits per heavy atom. The highest BCUT2D eigenvalue weighted by Crippen LogP contribution is 2.23. The van der Waals surface area contributed by atoms with Gasteiger partial charge >= 0.3 is 0 Å². The van der Waals surface area contributed by atoms with Gasteiger partial charge in [0, 0.05) is 43.1 Å². The second-order valence-corrected chi connectivity index (χ2v) is 6.70. The van der Waals surface area contributed by atoms with Gasteiger partial charge in [-0.25, -0.2) is 4.98 Å². The van der Waals surface area contributed by atoms with Crippen LogP contribution in [0.5, 0.6) is 0 Å². The van der Waals surface area contributed by atoms with Gasteiger partial charge in [0.2, 0.25) is 5.13 Å². The van der Waals surface area contributed by atoms with Crippen molar-refractivity contribution in [1.82, 2.24) is 14.7 Å². The number of nitrogens with one attached hydrogen (secondary N) is 1. The lowest BCUT2D eigenvalue weighted by Gasteiger charge is -2.37. The molecule has 1 fully saturated rings. The summed E-state index contributed by atoms with van der Waals surface area (Å²) in [6, 6.07) is 9.54. The van der Waals surface area contributed by atoms with Crippen LogP contribution in [0.15, 0.2) is 24.3 Å². The minimum absolute atomic E-state index is 0.473. The maximum absolute atomic E-state index is 4.75. The molecule has 1 aliphatic heterocycles. The molecule has 5 heteroatoms. The van der Waals surface area contributed by atoms with Crippen LogP contribution in [-0.4, -0.2) is 34.5 Å². The summed E-state index contributed by atoms with van der Waals surface area (Å²) in [5, 5.41) is 4.55. The Bertz CT molecular complexity index is 610. The van der Waals surface area contributed by atoms with Crippen molar-refractivity contribution in [1.29, 1.82) is 0 Å². The van der Waals surface area contributed by atoms with E-state index in [1.807, 2.05) is 0 Å². The maximum atomic E-state index is 4.75.